The Labute approximate surface area is 127 Å². The summed E-state index contributed by atoms with van der Waals surface area (Å²) in [6.45, 7) is 5.69. The molecule has 0 unspecified atom stereocenters. The van der Waals surface area contributed by atoms with Crippen LogP contribution in [0.2, 0.25) is 0 Å². The largest absolute Gasteiger partial charge is 0.385 e. The van der Waals surface area contributed by atoms with Gasteiger partial charge in [-0.05, 0) is 30.7 Å². The Morgan fingerprint density at radius 3 is 2.86 bits per heavy atom. The molecule has 0 radical (unpaired) electrons. The van der Waals surface area contributed by atoms with Gasteiger partial charge in [0.05, 0.1) is 5.52 Å². The Morgan fingerprint density at radius 2 is 2.10 bits per heavy atom. The smallest absolute Gasteiger partial charge is 0.129 e. The van der Waals surface area contributed by atoms with Gasteiger partial charge in [-0.3, -0.25) is 0 Å². The van der Waals surface area contributed by atoms with Crippen molar-refractivity contribution in [3.05, 3.63) is 35.9 Å². The number of nitrogens with zero attached hydrogens (tertiary/aromatic N) is 2. The summed E-state index contributed by atoms with van der Waals surface area (Å²) in [5.74, 6) is 1.03. The molecule has 1 heterocycles. The minimum absolute atomic E-state index is 0.780. The van der Waals surface area contributed by atoms with Gasteiger partial charge in [0.25, 0.3) is 0 Å². The van der Waals surface area contributed by atoms with Crippen molar-refractivity contribution in [3.8, 4) is 0 Å². The molecule has 21 heavy (non-hydrogen) atoms. The lowest BCUT2D eigenvalue weighted by molar-refractivity contribution is 0.196. The monoisotopic (exact) mass is 287 g/mol. The van der Waals surface area contributed by atoms with Gasteiger partial charge >= 0.3 is 0 Å². The van der Waals surface area contributed by atoms with Gasteiger partial charge < -0.3 is 15.0 Å². The van der Waals surface area contributed by atoms with Gasteiger partial charge in [-0.25, -0.2) is 4.98 Å². The maximum absolute atomic E-state index is 5.12. The number of fused-ring (bicyclic) bond motifs is 1. The minimum Gasteiger partial charge on any atom is -0.385 e. The molecule has 0 saturated carbocycles. The van der Waals surface area contributed by atoms with Crippen LogP contribution in [0, 0.1) is 0 Å². The average Bonchev–Trinajstić information content (AvgIpc) is 2.52. The van der Waals surface area contributed by atoms with E-state index in [1.807, 2.05) is 6.07 Å². The summed E-state index contributed by atoms with van der Waals surface area (Å²) in [7, 11) is 3.83. The van der Waals surface area contributed by atoms with E-state index in [-0.39, 0.29) is 0 Å². The van der Waals surface area contributed by atoms with Crippen molar-refractivity contribution in [1.82, 2.24) is 10.3 Å². The number of aromatic nitrogens is 1. The molecule has 0 atom stereocenters. The van der Waals surface area contributed by atoms with Crippen molar-refractivity contribution < 1.29 is 4.74 Å². The summed E-state index contributed by atoms with van der Waals surface area (Å²) >= 11 is 0. The highest BCUT2D eigenvalue weighted by molar-refractivity contribution is 5.84. The fraction of sp³-hybridized carbons (Fsp3) is 0.471. The van der Waals surface area contributed by atoms with E-state index in [2.05, 4.69) is 48.5 Å². The lowest BCUT2D eigenvalue weighted by Crippen LogP contribution is -2.21. The van der Waals surface area contributed by atoms with E-state index in [0.29, 0.717) is 0 Å². The fourth-order valence-electron chi connectivity index (χ4n) is 2.39. The second-order valence-electron chi connectivity index (χ2n) is 5.20. The number of hydrogen-bond donors (Lipinski definition) is 1. The summed E-state index contributed by atoms with van der Waals surface area (Å²) in [6, 6.07) is 10.5. The van der Waals surface area contributed by atoms with Crippen molar-refractivity contribution in [2.75, 3.05) is 38.8 Å². The van der Waals surface area contributed by atoms with E-state index in [0.717, 1.165) is 44.0 Å². The van der Waals surface area contributed by atoms with Crippen LogP contribution in [0.15, 0.2) is 30.3 Å². The van der Waals surface area contributed by atoms with Crippen LogP contribution in [0.4, 0.5) is 5.82 Å². The first kappa shape index (κ1) is 15.7. The third-order valence-electron chi connectivity index (χ3n) is 3.59. The Bertz CT molecular complexity index is 571. The van der Waals surface area contributed by atoms with Gasteiger partial charge in [-0.1, -0.05) is 25.1 Å². The number of para-hydroxylation sites is 1. The number of pyridine rings is 1. The lowest BCUT2D eigenvalue weighted by atomic mass is 10.1. The quantitative estimate of drug-likeness (QED) is 0.758. The number of nitrogens with one attached hydrogen (secondary N) is 1. The number of methoxy groups -OCH3 is 1. The predicted octanol–water partition coefficient (Wildman–Crippen LogP) is 2.82. The van der Waals surface area contributed by atoms with Crippen LogP contribution in [0.1, 0.15) is 18.9 Å². The van der Waals surface area contributed by atoms with Crippen molar-refractivity contribution >= 4 is 16.7 Å². The molecule has 0 aliphatic carbocycles. The van der Waals surface area contributed by atoms with Crippen molar-refractivity contribution in [1.29, 1.82) is 0 Å². The Hall–Kier alpha value is -1.65. The molecule has 0 aliphatic heterocycles. The highest BCUT2D eigenvalue weighted by Crippen LogP contribution is 2.22. The van der Waals surface area contributed by atoms with Crippen molar-refractivity contribution in [3.63, 3.8) is 0 Å². The second-order valence-corrected chi connectivity index (χ2v) is 5.20. The van der Waals surface area contributed by atoms with Crippen molar-refractivity contribution in [2.45, 2.75) is 19.9 Å². The number of anilines is 1. The Morgan fingerprint density at radius 1 is 1.29 bits per heavy atom. The molecular formula is C17H25N3O. The Kier molecular flexibility index (Phi) is 5.96. The van der Waals surface area contributed by atoms with Crippen LogP contribution < -0.4 is 10.2 Å². The first-order chi connectivity index (χ1) is 10.3. The molecule has 1 aromatic heterocycles. The maximum Gasteiger partial charge on any atom is 0.129 e. The minimum atomic E-state index is 0.780. The average molecular weight is 287 g/mol. The maximum atomic E-state index is 5.12. The second kappa shape index (κ2) is 7.96. The molecule has 1 N–H and O–H groups in total. The third-order valence-corrected chi connectivity index (χ3v) is 3.59. The van der Waals surface area contributed by atoms with E-state index in [9.17, 15) is 0 Å². The fourth-order valence-corrected chi connectivity index (χ4v) is 2.39. The molecule has 0 spiro atoms. The molecule has 0 saturated heterocycles. The molecule has 4 heteroatoms. The lowest BCUT2D eigenvalue weighted by Gasteiger charge is -2.20. The standard InChI is InChI=1S/C17H25N3O/c1-4-18-13-14-12-17(20(2)10-7-11-21-3)19-16-9-6-5-8-15(14)16/h5-6,8-9,12,18H,4,7,10-11,13H2,1-3H3. The molecule has 1 aromatic carbocycles. The van der Waals surface area contributed by atoms with E-state index in [1.54, 1.807) is 7.11 Å². The topological polar surface area (TPSA) is 37.4 Å². The Balaban J connectivity index is 2.27. The molecule has 2 aromatic rings. The summed E-state index contributed by atoms with van der Waals surface area (Å²) < 4.78 is 5.12. The molecular weight excluding hydrogens is 262 g/mol. The van der Waals surface area contributed by atoms with Crippen LogP contribution >= 0.6 is 0 Å². The van der Waals surface area contributed by atoms with E-state index < -0.39 is 0 Å². The zero-order chi connectivity index (χ0) is 15.1. The first-order valence-electron chi connectivity index (χ1n) is 7.55. The molecule has 0 aliphatic rings. The van der Waals surface area contributed by atoms with Crippen LogP contribution in [-0.4, -0.2) is 38.8 Å². The van der Waals surface area contributed by atoms with E-state index in [4.69, 9.17) is 9.72 Å². The zero-order valence-electron chi connectivity index (χ0n) is 13.2. The van der Waals surface area contributed by atoms with Gasteiger partial charge in [0.2, 0.25) is 0 Å². The molecule has 0 bridgehead atoms. The number of rotatable bonds is 8. The van der Waals surface area contributed by atoms with Crippen LogP contribution in [-0.2, 0) is 11.3 Å². The van der Waals surface area contributed by atoms with Gasteiger partial charge in [0, 0.05) is 39.2 Å². The SMILES string of the molecule is CCNCc1cc(N(C)CCCOC)nc2ccccc12. The van der Waals surface area contributed by atoms with Crippen LogP contribution in [0.5, 0.6) is 0 Å². The predicted molar refractivity (Wildman–Crippen MR) is 88.9 cm³/mol. The first-order valence-corrected chi connectivity index (χ1v) is 7.55. The van der Waals surface area contributed by atoms with Gasteiger partial charge in [0.15, 0.2) is 0 Å². The summed E-state index contributed by atoms with van der Waals surface area (Å²) in [5.41, 5.74) is 2.36. The highest BCUT2D eigenvalue weighted by atomic mass is 16.5. The van der Waals surface area contributed by atoms with Crippen LogP contribution in [0.25, 0.3) is 10.9 Å². The molecule has 2 rings (SSSR count). The summed E-state index contributed by atoms with van der Waals surface area (Å²) in [4.78, 5) is 6.98. The van der Waals surface area contributed by atoms with Gasteiger partial charge in [-0.15, -0.1) is 0 Å². The molecule has 4 nitrogen and oxygen atoms in total. The van der Waals surface area contributed by atoms with Crippen molar-refractivity contribution in [2.24, 2.45) is 0 Å². The summed E-state index contributed by atoms with van der Waals surface area (Å²) in [6.07, 6.45) is 1.00. The van der Waals surface area contributed by atoms with E-state index in [1.165, 1.54) is 10.9 Å². The molecule has 0 amide bonds. The highest BCUT2D eigenvalue weighted by Gasteiger charge is 2.08. The summed E-state index contributed by atoms with van der Waals surface area (Å²) in [5, 5.41) is 4.64. The van der Waals surface area contributed by atoms with Crippen LogP contribution in [0.3, 0.4) is 0 Å². The van der Waals surface area contributed by atoms with Gasteiger partial charge in [-0.2, -0.15) is 0 Å². The molecule has 0 fully saturated rings. The van der Waals surface area contributed by atoms with Gasteiger partial charge in [0.1, 0.15) is 5.82 Å². The third kappa shape index (κ3) is 4.16. The number of hydrogen-bond acceptors (Lipinski definition) is 4. The number of ether oxygens (including phenoxy) is 1. The normalized spacial score (nSPS) is 11.0. The zero-order valence-corrected chi connectivity index (χ0v) is 13.2. The molecule has 114 valence electrons. The number of benzene rings is 1. The van der Waals surface area contributed by atoms with E-state index >= 15 is 0 Å².